The highest BCUT2D eigenvalue weighted by molar-refractivity contribution is 4.97. The van der Waals surface area contributed by atoms with Crippen LogP contribution >= 0.6 is 0 Å². The molecule has 2 atom stereocenters. The quantitative estimate of drug-likeness (QED) is 0.776. The number of nitrogens with zero attached hydrogens (tertiary/aromatic N) is 2. The highest BCUT2D eigenvalue weighted by atomic mass is 15.2. The first kappa shape index (κ1) is 10.6. The van der Waals surface area contributed by atoms with Crippen LogP contribution in [0, 0.1) is 5.92 Å². The van der Waals surface area contributed by atoms with Crippen molar-refractivity contribution in [3.05, 3.63) is 11.6 Å². The van der Waals surface area contributed by atoms with Crippen LogP contribution in [0.2, 0.25) is 0 Å². The maximum absolute atomic E-state index is 4.43. The van der Waals surface area contributed by atoms with E-state index in [0.717, 1.165) is 24.0 Å². The number of rotatable bonds is 5. The van der Waals surface area contributed by atoms with Crippen LogP contribution in [0.1, 0.15) is 51.3 Å². The first-order valence-electron chi connectivity index (χ1n) is 5.88. The molecule has 1 saturated carbocycles. The van der Waals surface area contributed by atoms with Crippen LogP contribution in [0.3, 0.4) is 0 Å². The third-order valence-electron chi connectivity index (χ3n) is 3.11. The fourth-order valence-electron chi connectivity index (χ4n) is 1.86. The number of nitrogens with one attached hydrogen (secondary N) is 2. The minimum absolute atomic E-state index is 0.247. The smallest absolute Gasteiger partial charge is 0.167 e. The Bertz CT molecular complexity index is 316. The van der Waals surface area contributed by atoms with Crippen LogP contribution < -0.4 is 5.32 Å². The van der Waals surface area contributed by atoms with E-state index in [9.17, 15) is 0 Å². The molecule has 4 heteroatoms. The number of hydrogen-bond acceptors (Lipinski definition) is 3. The van der Waals surface area contributed by atoms with Gasteiger partial charge in [-0.25, -0.2) is 4.98 Å². The monoisotopic (exact) mass is 208 g/mol. The Hall–Kier alpha value is -0.900. The molecule has 15 heavy (non-hydrogen) atoms. The SMILES string of the molecule is CCc1nc(C(C)NC(C)C2CC2)n[nH]1. The second-order valence-electron chi connectivity index (χ2n) is 4.51. The fraction of sp³-hybridized carbons (Fsp3) is 0.818. The predicted octanol–water partition coefficient (Wildman–Crippen LogP) is 1.82. The summed E-state index contributed by atoms with van der Waals surface area (Å²) in [6, 6.07) is 0.834. The summed E-state index contributed by atoms with van der Waals surface area (Å²) >= 11 is 0. The van der Waals surface area contributed by atoms with Gasteiger partial charge in [0.05, 0.1) is 6.04 Å². The first-order chi connectivity index (χ1) is 7.20. The van der Waals surface area contributed by atoms with E-state index in [4.69, 9.17) is 0 Å². The van der Waals surface area contributed by atoms with Crippen LogP contribution in [0.4, 0.5) is 0 Å². The molecule has 1 aromatic rings. The standard InChI is InChI=1S/C11H20N4/c1-4-10-13-11(15-14-10)8(3)12-7(2)9-5-6-9/h7-9,12H,4-6H2,1-3H3,(H,13,14,15). The second kappa shape index (κ2) is 4.31. The van der Waals surface area contributed by atoms with Gasteiger partial charge in [0.15, 0.2) is 5.82 Å². The van der Waals surface area contributed by atoms with E-state index < -0.39 is 0 Å². The molecule has 4 nitrogen and oxygen atoms in total. The number of aryl methyl sites for hydroxylation is 1. The van der Waals surface area contributed by atoms with E-state index in [2.05, 4.69) is 41.3 Å². The van der Waals surface area contributed by atoms with Crippen LogP contribution in [0.15, 0.2) is 0 Å². The third-order valence-corrected chi connectivity index (χ3v) is 3.11. The zero-order valence-corrected chi connectivity index (χ0v) is 9.75. The van der Waals surface area contributed by atoms with Crippen LogP contribution in [-0.4, -0.2) is 21.2 Å². The highest BCUT2D eigenvalue weighted by Gasteiger charge is 2.29. The number of aromatic amines is 1. The Labute approximate surface area is 90.9 Å². The van der Waals surface area contributed by atoms with Gasteiger partial charge in [0.2, 0.25) is 0 Å². The molecule has 0 aromatic carbocycles. The Morgan fingerprint density at radius 3 is 2.73 bits per heavy atom. The van der Waals surface area contributed by atoms with E-state index in [1.165, 1.54) is 12.8 Å². The van der Waals surface area contributed by atoms with Crippen molar-refractivity contribution in [2.75, 3.05) is 0 Å². The highest BCUT2D eigenvalue weighted by Crippen LogP contribution is 2.33. The zero-order valence-electron chi connectivity index (χ0n) is 9.75. The molecular formula is C11H20N4. The van der Waals surface area contributed by atoms with Gasteiger partial charge in [-0.2, -0.15) is 5.10 Å². The van der Waals surface area contributed by atoms with Crippen molar-refractivity contribution in [2.45, 2.75) is 52.1 Å². The molecule has 2 N–H and O–H groups in total. The molecule has 0 amide bonds. The molecule has 1 aromatic heterocycles. The summed E-state index contributed by atoms with van der Waals surface area (Å²) in [5.41, 5.74) is 0. The topological polar surface area (TPSA) is 53.6 Å². The van der Waals surface area contributed by atoms with E-state index in [-0.39, 0.29) is 6.04 Å². The van der Waals surface area contributed by atoms with Crippen molar-refractivity contribution in [2.24, 2.45) is 5.92 Å². The molecule has 0 saturated heterocycles. The first-order valence-corrected chi connectivity index (χ1v) is 5.88. The summed E-state index contributed by atoms with van der Waals surface area (Å²) in [5.74, 6) is 2.73. The summed E-state index contributed by atoms with van der Waals surface area (Å²) in [6.45, 7) is 6.46. The number of aromatic nitrogens is 3. The van der Waals surface area contributed by atoms with Gasteiger partial charge >= 0.3 is 0 Å². The van der Waals surface area contributed by atoms with Crippen molar-refractivity contribution in [1.29, 1.82) is 0 Å². The molecule has 0 spiro atoms. The maximum Gasteiger partial charge on any atom is 0.167 e. The Kier molecular flexibility index (Phi) is 3.05. The summed E-state index contributed by atoms with van der Waals surface area (Å²) in [7, 11) is 0. The number of hydrogen-bond donors (Lipinski definition) is 2. The molecule has 0 bridgehead atoms. The molecule has 0 aliphatic heterocycles. The largest absolute Gasteiger partial charge is 0.305 e. The van der Waals surface area contributed by atoms with Gasteiger partial charge in [-0.15, -0.1) is 0 Å². The Morgan fingerprint density at radius 2 is 2.20 bits per heavy atom. The lowest BCUT2D eigenvalue weighted by molar-refractivity contribution is 0.430. The van der Waals surface area contributed by atoms with E-state index >= 15 is 0 Å². The average Bonchev–Trinajstić information content (AvgIpc) is 2.96. The van der Waals surface area contributed by atoms with E-state index in [0.29, 0.717) is 6.04 Å². The lowest BCUT2D eigenvalue weighted by Gasteiger charge is -2.16. The molecule has 1 heterocycles. The maximum atomic E-state index is 4.43. The van der Waals surface area contributed by atoms with Gasteiger partial charge in [-0.05, 0) is 32.6 Å². The molecule has 2 unspecified atom stereocenters. The average molecular weight is 208 g/mol. The fourth-order valence-corrected chi connectivity index (χ4v) is 1.86. The normalized spacial score (nSPS) is 20.2. The second-order valence-corrected chi connectivity index (χ2v) is 4.51. The van der Waals surface area contributed by atoms with Crippen molar-refractivity contribution >= 4 is 0 Å². The third kappa shape index (κ3) is 2.56. The summed E-state index contributed by atoms with van der Waals surface area (Å²) in [6.07, 6.45) is 3.65. The van der Waals surface area contributed by atoms with Crippen molar-refractivity contribution < 1.29 is 0 Å². The van der Waals surface area contributed by atoms with Crippen molar-refractivity contribution in [3.63, 3.8) is 0 Å². The molecular weight excluding hydrogens is 188 g/mol. The molecule has 1 aliphatic carbocycles. The van der Waals surface area contributed by atoms with Crippen LogP contribution in [0.5, 0.6) is 0 Å². The zero-order chi connectivity index (χ0) is 10.8. The minimum Gasteiger partial charge on any atom is -0.305 e. The van der Waals surface area contributed by atoms with Gasteiger partial charge in [0.1, 0.15) is 5.82 Å². The van der Waals surface area contributed by atoms with E-state index in [1.54, 1.807) is 0 Å². The molecule has 1 fully saturated rings. The summed E-state index contributed by atoms with van der Waals surface area (Å²) in [4.78, 5) is 4.43. The van der Waals surface area contributed by atoms with Gasteiger partial charge < -0.3 is 5.32 Å². The van der Waals surface area contributed by atoms with Crippen molar-refractivity contribution in [3.8, 4) is 0 Å². The lowest BCUT2D eigenvalue weighted by atomic mass is 10.2. The van der Waals surface area contributed by atoms with E-state index in [1.807, 2.05) is 0 Å². The van der Waals surface area contributed by atoms with Gasteiger partial charge in [-0.3, -0.25) is 5.10 Å². The minimum atomic E-state index is 0.247. The summed E-state index contributed by atoms with van der Waals surface area (Å²) in [5, 5.41) is 10.7. The Morgan fingerprint density at radius 1 is 1.47 bits per heavy atom. The van der Waals surface area contributed by atoms with Gasteiger partial charge in [0, 0.05) is 12.5 Å². The lowest BCUT2D eigenvalue weighted by Crippen LogP contribution is -2.31. The molecule has 0 radical (unpaired) electrons. The van der Waals surface area contributed by atoms with Crippen LogP contribution in [0.25, 0.3) is 0 Å². The van der Waals surface area contributed by atoms with Crippen molar-refractivity contribution in [1.82, 2.24) is 20.5 Å². The Balaban J connectivity index is 1.91. The molecule has 84 valence electrons. The molecule has 1 aliphatic rings. The van der Waals surface area contributed by atoms with Gasteiger partial charge in [-0.1, -0.05) is 6.92 Å². The predicted molar refractivity (Wildman–Crippen MR) is 59.5 cm³/mol. The van der Waals surface area contributed by atoms with Gasteiger partial charge in [0.25, 0.3) is 0 Å². The van der Waals surface area contributed by atoms with Crippen LogP contribution in [-0.2, 0) is 6.42 Å². The number of H-pyrrole nitrogens is 1. The molecule has 2 rings (SSSR count). The summed E-state index contributed by atoms with van der Waals surface area (Å²) < 4.78 is 0.